The van der Waals surface area contributed by atoms with Gasteiger partial charge >= 0.3 is 0 Å². The number of thioether (sulfide) groups is 1. The summed E-state index contributed by atoms with van der Waals surface area (Å²) in [6.07, 6.45) is 1.46. The smallest absolute Gasteiger partial charge is 0.250 e. The van der Waals surface area contributed by atoms with Gasteiger partial charge < -0.3 is 4.42 Å². The molecule has 1 aromatic heterocycles. The standard InChI is InChI=1S/C14H12Br2N2O2S/c15-11-3-1-10(2-4-11)8-21-9-14(19)18-17-7-12-5-6-13(16)20-12/h1-7H,8-9H2,(H,18,19)/b17-7-. The Balaban J connectivity index is 1.68. The molecule has 0 saturated carbocycles. The Hall–Kier alpha value is -1.05. The predicted octanol–water partition coefficient (Wildman–Crippen LogP) is 4.19. The first-order valence-corrected chi connectivity index (χ1v) is 8.77. The molecule has 0 bridgehead atoms. The third-order valence-corrected chi connectivity index (χ3v) is 4.35. The van der Waals surface area contributed by atoms with Crippen LogP contribution in [0.5, 0.6) is 0 Å². The van der Waals surface area contributed by atoms with E-state index in [4.69, 9.17) is 4.42 Å². The molecule has 0 aliphatic heterocycles. The molecule has 0 saturated heterocycles. The number of hydrogen-bond acceptors (Lipinski definition) is 4. The molecular weight excluding hydrogens is 420 g/mol. The molecule has 0 radical (unpaired) electrons. The molecule has 1 N–H and O–H groups in total. The zero-order valence-electron chi connectivity index (χ0n) is 10.9. The van der Waals surface area contributed by atoms with Gasteiger partial charge in [0.25, 0.3) is 0 Å². The molecule has 110 valence electrons. The van der Waals surface area contributed by atoms with Gasteiger partial charge in [0.1, 0.15) is 5.76 Å². The zero-order valence-corrected chi connectivity index (χ0v) is 14.9. The minimum absolute atomic E-state index is 0.140. The molecule has 0 unspecified atom stereocenters. The summed E-state index contributed by atoms with van der Waals surface area (Å²) in [5.41, 5.74) is 3.64. The maximum Gasteiger partial charge on any atom is 0.250 e. The molecule has 0 aliphatic rings. The number of nitrogens with zero attached hydrogens (tertiary/aromatic N) is 1. The number of amides is 1. The Kier molecular flexibility index (Phi) is 6.53. The number of halogens is 2. The van der Waals surface area contributed by atoms with Gasteiger partial charge in [-0.15, -0.1) is 11.8 Å². The van der Waals surface area contributed by atoms with E-state index in [1.807, 2.05) is 24.3 Å². The maximum absolute atomic E-state index is 11.6. The van der Waals surface area contributed by atoms with Crippen LogP contribution in [0.4, 0.5) is 0 Å². The molecule has 4 nitrogen and oxygen atoms in total. The van der Waals surface area contributed by atoms with E-state index in [0.29, 0.717) is 16.2 Å². The fraction of sp³-hybridized carbons (Fsp3) is 0.143. The van der Waals surface area contributed by atoms with Crippen LogP contribution in [0.2, 0.25) is 0 Å². The fourth-order valence-corrected chi connectivity index (χ4v) is 2.80. The first kappa shape index (κ1) is 16.3. The van der Waals surface area contributed by atoms with Crippen LogP contribution >= 0.6 is 43.6 Å². The molecule has 2 aromatic rings. The normalized spacial score (nSPS) is 11.0. The lowest BCUT2D eigenvalue weighted by Gasteiger charge is -2.01. The topological polar surface area (TPSA) is 54.6 Å². The number of hydrazone groups is 1. The molecule has 1 heterocycles. The van der Waals surface area contributed by atoms with Crippen molar-refractivity contribution in [3.05, 3.63) is 56.9 Å². The second-order valence-corrected chi connectivity index (χ2v) is 6.74. The molecule has 0 spiro atoms. The highest BCUT2D eigenvalue weighted by Crippen LogP contribution is 2.15. The number of furan rings is 1. The third kappa shape index (κ3) is 6.07. The second-order valence-electron chi connectivity index (χ2n) is 4.05. The number of rotatable bonds is 6. The number of carbonyl (C=O) groups excluding carboxylic acids is 1. The summed E-state index contributed by atoms with van der Waals surface area (Å²) in [5, 5.41) is 3.83. The summed E-state index contributed by atoms with van der Waals surface area (Å²) in [4.78, 5) is 11.6. The summed E-state index contributed by atoms with van der Waals surface area (Å²) in [6, 6.07) is 11.5. The van der Waals surface area contributed by atoms with E-state index in [1.54, 1.807) is 12.1 Å². The van der Waals surface area contributed by atoms with E-state index >= 15 is 0 Å². The Morgan fingerprint density at radius 2 is 2.00 bits per heavy atom. The predicted molar refractivity (Wildman–Crippen MR) is 92.4 cm³/mol. The summed E-state index contributed by atoms with van der Waals surface area (Å²) in [7, 11) is 0. The first-order valence-electron chi connectivity index (χ1n) is 6.03. The Bertz CT molecular complexity index is 626. The van der Waals surface area contributed by atoms with Crippen molar-refractivity contribution in [3.63, 3.8) is 0 Å². The van der Waals surface area contributed by atoms with E-state index < -0.39 is 0 Å². The van der Waals surface area contributed by atoms with Gasteiger partial charge in [-0.3, -0.25) is 4.79 Å². The highest BCUT2D eigenvalue weighted by atomic mass is 79.9. The van der Waals surface area contributed by atoms with E-state index in [2.05, 4.69) is 42.4 Å². The Morgan fingerprint density at radius 1 is 1.24 bits per heavy atom. The van der Waals surface area contributed by atoms with Crippen molar-refractivity contribution in [3.8, 4) is 0 Å². The number of nitrogens with one attached hydrogen (secondary N) is 1. The van der Waals surface area contributed by atoms with Crippen LogP contribution < -0.4 is 5.43 Å². The molecule has 0 fully saturated rings. The molecule has 21 heavy (non-hydrogen) atoms. The Morgan fingerprint density at radius 3 is 2.67 bits per heavy atom. The van der Waals surface area contributed by atoms with E-state index in [-0.39, 0.29) is 5.91 Å². The van der Waals surface area contributed by atoms with E-state index in [1.165, 1.54) is 23.5 Å². The van der Waals surface area contributed by atoms with Gasteiger partial charge in [0.2, 0.25) is 5.91 Å². The van der Waals surface area contributed by atoms with Gasteiger partial charge in [0.15, 0.2) is 4.67 Å². The van der Waals surface area contributed by atoms with Gasteiger partial charge in [0.05, 0.1) is 12.0 Å². The lowest BCUT2D eigenvalue weighted by molar-refractivity contribution is -0.118. The zero-order chi connectivity index (χ0) is 15.1. The van der Waals surface area contributed by atoms with E-state index in [0.717, 1.165) is 10.2 Å². The lowest BCUT2D eigenvalue weighted by Crippen LogP contribution is -2.19. The number of carbonyl (C=O) groups is 1. The quantitative estimate of drug-likeness (QED) is 0.551. The summed E-state index contributed by atoms with van der Waals surface area (Å²) in [5.74, 6) is 1.58. The molecule has 1 amide bonds. The van der Waals surface area contributed by atoms with Gasteiger partial charge in [-0.1, -0.05) is 28.1 Å². The molecule has 7 heteroatoms. The minimum atomic E-state index is -0.140. The highest BCUT2D eigenvalue weighted by Gasteiger charge is 2.01. The highest BCUT2D eigenvalue weighted by molar-refractivity contribution is 9.10. The maximum atomic E-state index is 11.6. The van der Waals surface area contributed by atoms with Crippen LogP contribution in [0.3, 0.4) is 0 Å². The molecular formula is C14H12Br2N2O2S. The molecule has 0 atom stereocenters. The van der Waals surface area contributed by atoms with Crippen molar-refractivity contribution in [2.24, 2.45) is 5.10 Å². The van der Waals surface area contributed by atoms with Gasteiger partial charge in [-0.2, -0.15) is 5.10 Å². The van der Waals surface area contributed by atoms with Gasteiger partial charge in [-0.05, 0) is 45.8 Å². The minimum Gasteiger partial charge on any atom is -0.448 e. The van der Waals surface area contributed by atoms with Crippen molar-refractivity contribution < 1.29 is 9.21 Å². The van der Waals surface area contributed by atoms with Gasteiger partial charge in [-0.25, -0.2) is 5.43 Å². The fourth-order valence-electron chi connectivity index (χ4n) is 1.44. The van der Waals surface area contributed by atoms with Crippen molar-refractivity contribution in [1.29, 1.82) is 0 Å². The van der Waals surface area contributed by atoms with Crippen LogP contribution in [0.15, 0.2) is 55.1 Å². The molecule has 0 aliphatic carbocycles. The Labute approximate surface area is 143 Å². The summed E-state index contributed by atoms with van der Waals surface area (Å²) in [6.45, 7) is 0. The third-order valence-electron chi connectivity index (χ3n) is 2.39. The van der Waals surface area contributed by atoms with Crippen molar-refractivity contribution in [2.45, 2.75) is 5.75 Å². The SMILES string of the molecule is O=C(CSCc1ccc(Br)cc1)N/N=C\c1ccc(Br)o1. The molecule has 2 rings (SSSR count). The molecule has 1 aromatic carbocycles. The van der Waals surface area contributed by atoms with Gasteiger partial charge in [0, 0.05) is 10.2 Å². The van der Waals surface area contributed by atoms with Crippen molar-refractivity contribution >= 4 is 55.7 Å². The van der Waals surface area contributed by atoms with Crippen LogP contribution in [0, 0.1) is 0 Å². The average molecular weight is 432 g/mol. The largest absolute Gasteiger partial charge is 0.448 e. The monoisotopic (exact) mass is 430 g/mol. The second kappa shape index (κ2) is 8.41. The number of benzene rings is 1. The lowest BCUT2D eigenvalue weighted by atomic mass is 10.2. The van der Waals surface area contributed by atoms with Crippen LogP contribution in [0.1, 0.15) is 11.3 Å². The van der Waals surface area contributed by atoms with Crippen molar-refractivity contribution in [1.82, 2.24) is 5.43 Å². The first-order chi connectivity index (χ1) is 10.1. The van der Waals surface area contributed by atoms with Crippen LogP contribution in [-0.4, -0.2) is 17.9 Å². The number of hydrogen-bond donors (Lipinski definition) is 1. The van der Waals surface area contributed by atoms with Crippen molar-refractivity contribution in [2.75, 3.05) is 5.75 Å². The van der Waals surface area contributed by atoms with E-state index in [9.17, 15) is 4.79 Å². The van der Waals surface area contributed by atoms with Crippen LogP contribution in [0.25, 0.3) is 0 Å². The summed E-state index contributed by atoms with van der Waals surface area (Å²) >= 11 is 8.12. The van der Waals surface area contributed by atoms with Crippen LogP contribution in [-0.2, 0) is 10.5 Å². The average Bonchev–Trinajstić information content (AvgIpc) is 2.87. The summed E-state index contributed by atoms with van der Waals surface area (Å²) < 4.78 is 6.90.